The van der Waals surface area contributed by atoms with Crippen molar-refractivity contribution in [2.24, 2.45) is 0 Å². The zero-order chi connectivity index (χ0) is 15.2. The monoisotopic (exact) mass is 286 g/mol. The minimum absolute atomic E-state index is 0.0747. The van der Waals surface area contributed by atoms with Crippen LogP contribution in [0.5, 0.6) is 17.2 Å². The van der Waals surface area contributed by atoms with E-state index in [1.807, 2.05) is 0 Å². The molecule has 0 amide bonds. The van der Waals surface area contributed by atoms with Crippen molar-refractivity contribution in [3.05, 3.63) is 64.3 Å². The first-order valence-electron chi connectivity index (χ1n) is 6.26. The largest absolute Gasteiger partial charge is 0.502 e. The van der Waals surface area contributed by atoms with Crippen LogP contribution in [0, 0.1) is 0 Å². The van der Waals surface area contributed by atoms with E-state index in [2.05, 4.69) is 4.74 Å². The summed E-state index contributed by atoms with van der Waals surface area (Å²) < 4.78 is 10.1. The van der Waals surface area contributed by atoms with E-state index in [0.717, 1.165) is 5.56 Å². The summed E-state index contributed by atoms with van der Waals surface area (Å²) in [7, 11) is 1.33. The Balaban J connectivity index is 2.18. The summed E-state index contributed by atoms with van der Waals surface area (Å²) in [5, 5.41) is 9.73. The summed E-state index contributed by atoms with van der Waals surface area (Å²) in [6.07, 6.45) is 0.174. The van der Waals surface area contributed by atoms with Gasteiger partial charge in [0.2, 0.25) is 11.2 Å². The zero-order valence-corrected chi connectivity index (χ0v) is 11.4. The molecule has 0 atom stereocenters. The second kappa shape index (κ2) is 6.56. The Morgan fingerprint density at radius 3 is 2.43 bits per heavy atom. The van der Waals surface area contributed by atoms with Crippen LogP contribution in [0.25, 0.3) is 0 Å². The Bertz CT molecular complexity index is 692. The van der Waals surface area contributed by atoms with Crippen LogP contribution < -0.4 is 10.2 Å². The maximum absolute atomic E-state index is 11.5. The van der Waals surface area contributed by atoms with Crippen molar-refractivity contribution in [1.82, 2.24) is 0 Å². The number of hydrogen-bond donors (Lipinski definition) is 1. The molecule has 108 valence electrons. The summed E-state index contributed by atoms with van der Waals surface area (Å²) in [5.41, 5.74) is 0.263. The minimum atomic E-state index is -0.516. The van der Waals surface area contributed by atoms with Crippen molar-refractivity contribution in [2.75, 3.05) is 7.11 Å². The molecule has 0 aliphatic carbocycles. The van der Waals surface area contributed by atoms with Gasteiger partial charge in [0.25, 0.3) is 0 Å². The van der Waals surface area contributed by atoms with Gasteiger partial charge in [-0.25, -0.2) is 0 Å². The van der Waals surface area contributed by atoms with Crippen molar-refractivity contribution in [1.29, 1.82) is 0 Å². The summed E-state index contributed by atoms with van der Waals surface area (Å²) in [6.45, 7) is 0. The lowest BCUT2D eigenvalue weighted by Crippen LogP contribution is -2.04. The molecule has 0 saturated heterocycles. The summed E-state index contributed by atoms with van der Waals surface area (Å²) in [4.78, 5) is 22.6. The van der Waals surface area contributed by atoms with Crippen molar-refractivity contribution >= 4 is 5.97 Å². The first-order valence-corrected chi connectivity index (χ1v) is 6.26. The molecule has 0 saturated carbocycles. The van der Waals surface area contributed by atoms with Crippen molar-refractivity contribution in [3.8, 4) is 17.2 Å². The molecule has 0 radical (unpaired) electrons. The maximum Gasteiger partial charge on any atom is 0.309 e. The van der Waals surface area contributed by atoms with Gasteiger partial charge in [0, 0.05) is 0 Å². The lowest BCUT2D eigenvalue weighted by molar-refractivity contribution is -0.139. The van der Waals surface area contributed by atoms with E-state index in [-0.39, 0.29) is 18.1 Å². The third-order valence-corrected chi connectivity index (χ3v) is 2.80. The van der Waals surface area contributed by atoms with Crippen LogP contribution in [0.3, 0.4) is 0 Å². The zero-order valence-electron chi connectivity index (χ0n) is 11.4. The number of ether oxygens (including phenoxy) is 2. The predicted molar refractivity (Wildman–Crippen MR) is 76.6 cm³/mol. The Hall–Kier alpha value is -2.82. The first kappa shape index (κ1) is 14.6. The van der Waals surface area contributed by atoms with Crippen LogP contribution in [0.4, 0.5) is 0 Å². The van der Waals surface area contributed by atoms with E-state index in [9.17, 15) is 14.7 Å². The summed E-state index contributed by atoms with van der Waals surface area (Å²) in [6, 6.07) is 12.6. The lowest BCUT2D eigenvalue weighted by atomic mass is 10.1. The number of benzene rings is 1. The van der Waals surface area contributed by atoms with Gasteiger partial charge in [0.1, 0.15) is 5.75 Å². The Labute approximate surface area is 121 Å². The Morgan fingerprint density at radius 1 is 1.10 bits per heavy atom. The van der Waals surface area contributed by atoms with Crippen molar-refractivity contribution in [3.63, 3.8) is 0 Å². The number of carbonyl (C=O) groups excluding carboxylic acids is 1. The second-order valence-corrected chi connectivity index (χ2v) is 4.29. The average molecular weight is 286 g/mol. The highest BCUT2D eigenvalue weighted by molar-refractivity contribution is 5.72. The van der Waals surface area contributed by atoms with Crippen LogP contribution in [0.15, 0.2) is 53.3 Å². The van der Waals surface area contributed by atoms with E-state index in [1.165, 1.54) is 25.3 Å². The molecule has 0 heterocycles. The molecule has 0 aliphatic heterocycles. The van der Waals surface area contributed by atoms with E-state index in [1.54, 1.807) is 30.3 Å². The third kappa shape index (κ3) is 3.82. The molecule has 0 aromatic heterocycles. The van der Waals surface area contributed by atoms with Gasteiger partial charge in [-0.2, -0.15) is 0 Å². The Morgan fingerprint density at radius 2 is 1.76 bits per heavy atom. The molecule has 2 rings (SSSR count). The number of esters is 1. The fourth-order valence-corrected chi connectivity index (χ4v) is 1.69. The second-order valence-electron chi connectivity index (χ2n) is 4.29. The van der Waals surface area contributed by atoms with E-state index >= 15 is 0 Å². The topological polar surface area (TPSA) is 72.8 Å². The van der Waals surface area contributed by atoms with Gasteiger partial charge in [-0.1, -0.05) is 24.3 Å². The standard InChI is InChI=1S/C16H14O5/c1-20-15(18)10-11-6-8-12(9-7-11)21-14-5-3-2-4-13(17)16(14)19/h2-9H,10H2,1H3,(H,17,19). The molecule has 2 aromatic rings. The van der Waals surface area contributed by atoms with Crippen LogP contribution in [-0.4, -0.2) is 18.2 Å². The number of methoxy groups -OCH3 is 1. The highest BCUT2D eigenvalue weighted by Gasteiger charge is 2.07. The number of hydrogen-bond acceptors (Lipinski definition) is 5. The SMILES string of the molecule is COC(=O)Cc1ccc(Oc2ccccc(=O)c2O)cc1. The molecule has 0 spiro atoms. The Kier molecular flexibility index (Phi) is 4.56. The smallest absolute Gasteiger partial charge is 0.309 e. The van der Waals surface area contributed by atoms with Gasteiger partial charge in [-0.15, -0.1) is 0 Å². The van der Waals surface area contributed by atoms with Crippen molar-refractivity contribution in [2.45, 2.75) is 6.42 Å². The molecule has 21 heavy (non-hydrogen) atoms. The van der Waals surface area contributed by atoms with E-state index in [0.29, 0.717) is 5.75 Å². The molecule has 0 unspecified atom stereocenters. The molecular formula is C16H14O5. The van der Waals surface area contributed by atoms with Crippen LogP contribution in [0.2, 0.25) is 0 Å². The third-order valence-electron chi connectivity index (χ3n) is 2.80. The molecule has 5 nitrogen and oxygen atoms in total. The molecule has 5 heteroatoms. The lowest BCUT2D eigenvalue weighted by Gasteiger charge is -2.06. The van der Waals surface area contributed by atoms with E-state index < -0.39 is 11.2 Å². The normalized spacial score (nSPS) is 9.95. The van der Waals surface area contributed by atoms with Gasteiger partial charge in [-0.05, 0) is 29.8 Å². The molecule has 0 fully saturated rings. The minimum Gasteiger partial charge on any atom is -0.502 e. The fraction of sp³-hybridized carbons (Fsp3) is 0.125. The fourth-order valence-electron chi connectivity index (χ4n) is 1.69. The molecule has 0 aliphatic rings. The molecular weight excluding hydrogens is 272 g/mol. The van der Waals surface area contributed by atoms with Gasteiger partial charge in [0.05, 0.1) is 13.5 Å². The maximum atomic E-state index is 11.5. The summed E-state index contributed by atoms with van der Waals surface area (Å²) >= 11 is 0. The highest BCUT2D eigenvalue weighted by atomic mass is 16.5. The quantitative estimate of drug-likeness (QED) is 0.873. The van der Waals surface area contributed by atoms with Crippen LogP contribution in [-0.2, 0) is 16.0 Å². The van der Waals surface area contributed by atoms with E-state index in [4.69, 9.17) is 4.74 Å². The highest BCUT2D eigenvalue weighted by Crippen LogP contribution is 2.26. The summed E-state index contributed by atoms with van der Waals surface area (Å²) in [5.74, 6) is -0.249. The number of carbonyl (C=O) groups is 1. The van der Waals surface area contributed by atoms with Gasteiger partial charge in [-0.3, -0.25) is 9.59 Å². The van der Waals surface area contributed by atoms with Crippen LogP contribution >= 0.6 is 0 Å². The average Bonchev–Trinajstić information content (AvgIpc) is 2.65. The molecule has 2 aromatic carbocycles. The van der Waals surface area contributed by atoms with Gasteiger partial charge < -0.3 is 14.6 Å². The molecule has 0 bridgehead atoms. The number of rotatable bonds is 4. The van der Waals surface area contributed by atoms with Crippen LogP contribution in [0.1, 0.15) is 5.56 Å². The van der Waals surface area contributed by atoms with Gasteiger partial charge >= 0.3 is 5.97 Å². The molecule has 1 N–H and O–H groups in total. The number of aromatic hydroxyl groups is 1. The van der Waals surface area contributed by atoms with Gasteiger partial charge in [0.15, 0.2) is 5.75 Å². The predicted octanol–water partition coefficient (Wildman–Crippen LogP) is 2.26. The van der Waals surface area contributed by atoms with Crippen molar-refractivity contribution < 1.29 is 19.4 Å². The first-order chi connectivity index (χ1) is 10.1.